The van der Waals surface area contributed by atoms with Crippen molar-refractivity contribution >= 4 is 5.91 Å². The van der Waals surface area contributed by atoms with Gasteiger partial charge in [0.05, 0.1) is 0 Å². The van der Waals surface area contributed by atoms with Crippen LogP contribution in [0, 0.1) is 5.92 Å². The van der Waals surface area contributed by atoms with E-state index >= 15 is 0 Å². The van der Waals surface area contributed by atoms with Crippen LogP contribution in [-0.2, 0) is 4.79 Å². The predicted octanol–water partition coefficient (Wildman–Crippen LogP) is 1.32. The van der Waals surface area contributed by atoms with Gasteiger partial charge in [-0.1, -0.05) is 26.7 Å². The summed E-state index contributed by atoms with van der Waals surface area (Å²) in [5.41, 5.74) is 1.63. The Hall–Kier alpha value is -0.570. The van der Waals surface area contributed by atoms with Gasteiger partial charge in [0.2, 0.25) is 5.91 Å². The Labute approximate surface area is 61.4 Å². The molecule has 0 aromatic carbocycles. The lowest BCUT2D eigenvalue weighted by molar-refractivity contribution is -0.133. The van der Waals surface area contributed by atoms with Gasteiger partial charge in [0, 0.05) is 5.92 Å². The van der Waals surface area contributed by atoms with Crippen LogP contribution in [0.4, 0.5) is 0 Å². The number of unbranched alkanes of at least 4 members (excludes halogenated alkanes) is 1. The molecule has 0 aliphatic rings. The van der Waals surface area contributed by atoms with Crippen LogP contribution in [0.25, 0.3) is 0 Å². The lowest BCUT2D eigenvalue weighted by Gasteiger charge is -2.06. The Balaban J connectivity index is 3.41. The molecule has 60 valence electrons. The lowest BCUT2D eigenvalue weighted by Crippen LogP contribution is -2.25. The Morgan fingerprint density at radius 1 is 1.70 bits per heavy atom. The Morgan fingerprint density at radius 2 is 2.30 bits per heavy atom. The summed E-state index contributed by atoms with van der Waals surface area (Å²) in [5.74, 6) is -0.349. The first-order chi connectivity index (χ1) is 4.72. The first-order valence-corrected chi connectivity index (χ1v) is 3.66. The number of amides is 1. The standard InChI is InChI=1S/C7H15NO2/c1-3-4-5-6(2)7(9)8-10/h6,10H,3-5H2,1-2H3,(H,8,9). The molecular weight excluding hydrogens is 130 g/mol. The van der Waals surface area contributed by atoms with Gasteiger partial charge < -0.3 is 0 Å². The SMILES string of the molecule is CCCCC(C)C(=O)NO. The van der Waals surface area contributed by atoms with Crippen LogP contribution in [0.3, 0.4) is 0 Å². The average molecular weight is 145 g/mol. The van der Waals surface area contributed by atoms with E-state index < -0.39 is 0 Å². The minimum atomic E-state index is -0.284. The second-order valence-electron chi connectivity index (χ2n) is 2.52. The van der Waals surface area contributed by atoms with E-state index in [0.717, 1.165) is 19.3 Å². The molecular formula is C7H15NO2. The fourth-order valence-corrected chi connectivity index (χ4v) is 0.752. The minimum Gasteiger partial charge on any atom is -0.289 e. The molecule has 0 spiro atoms. The van der Waals surface area contributed by atoms with Crippen molar-refractivity contribution in [2.45, 2.75) is 33.1 Å². The summed E-state index contributed by atoms with van der Waals surface area (Å²) in [5, 5.41) is 8.20. The number of carbonyl (C=O) groups is 1. The largest absolute Gasteiger partial charge is 0.289 e. The summed E-state index contributed by atoms with van der Waals surface area (Å²) in [6.07, 6.45) is 2.97. The average Bonchev–Trinajstić information content (AvgIpc) is 1.98. The summed E-state index contributed by atoms with van der Waals surface area (Å²) in [4.78, 5) is 10.7. The Morgan fingerprint density at radius 3 is 2.70 bits per heavy atom. The molecule has 2 N–H and O–H groups in total. The zero-order valence-corrected chi connectivity index (χ0v) is 6.55. The first-order valence-electron chi connectivity index (χ1n) is 3.66. The van der Waals surface area contributed by atoms with Crippen molar-refractivity contribution in [2.75, 3.05) is 0 Å². The van der Waals surface area contributed by atoms with Crippen molar-refractivity contribution in [3.8, 4) is 0 Å². The van der Waals surface area contributed by atoms with Gasteiger partial charge in [0.1, 0.15) is 0 Å². The van der Waals surface area contributed by atoms with E-state index in [2.05, 4.69) is 6.92 Å². The Kier molecular flexibility index (Phi) is 4.94. The number of carbonyl (C=O) groups excluding carboxylic acids is 1. The molecule has 10 heavy (non-hydrogen) atoms. The molecule has 0 rings (SSSR count). The van der Waals surface area contributed by atoms with Crippen LogP contribution in [0.15, 0.2) is 0 Å². The van der Waals surface area contributed by atoms with E-state index in [-0.39, 0.29) is 11.8 Å². The second-order valence-corrected chi connectivity index (χ2v) is 2.52. The zero-order chi connectivity index (χ0) is 7.98. The van der Waals surface area contributed by atoms with Crippen molar-refractivity contribution in [1.29, 1.82) is 0 Å². The van der Waals surface area contributed by atoms with Crippen LogP contribution in [0.5, 0.6) is 0 Å². The second kappa shape index (κ2) is 5.23. The van der Waals surface area contributed by atoms with Gasteiger partial charge in [0.25, 0.3) is 0 Å². The summed E-state index contributed by atoms with van der Waals surface area (Å²) in [7, 11) is 0. The summed E-state index contributed by atoms with van der Waals surface area (Å²) >= 11 is 0. The van der Waals surface area contributed by atoms with Crippen molar-refractivity contribution in [1.82, 2.24) is 5.48 Å². The molecule has 3 heteroatoms. The van der Waals surface area contributed by atoms with Gasteiger partial charge in [-0.2, -0.15) is 0 Å². The molecule has 3 nitrogen and oxygen atoms in total. The van der Waals surface area contributed by atoms with E-state index in [1.54, 1.807) is 12.4 Å². The van der Waals surface area contributed by atoms with Crippen LogP contribution in [-0.4, -0.2) is 11.1 Å². The maximum atomic E-state index is 10.7. The zero-order valence-electron chi connectivity index (χ0n) is 6.55. The van der Waals surface area contributed by atoms with Crippen LogP contribution in [0.2, 0.25) is 0 Å². The molecule has 1 atom stereocenters. The molecule has 0 saturated heterocycles. The van der Waals surface area contributed by atoms with E-state index in [1.165, 1.54) is 0 Å². The third-order valence-electron chi connectivity index (χ3n) is 1.55. The van der Waals surface area contributed by atoms with Gasteiger partial charge in [-0.05, 0) is 6.42 Å². The molecule has 0 aromatic rings. The van der Waals surface area contributed by atoms with Gasteiger partial charge in [-0.3, -0.25) is 10.0 Å². The van der Waals surface area contributed by atoms with Crippen molar-refractivity contribution in [2.24, 2.45) is 5.92 Å². The van der Waals surface area contributed by atoms with Crippen LogP contribution in [0.1, 0.15) is 33.1 Å². The molecule has 0 heterocycles. The first kappa shape index (κ1) is 9.43. The number of hydrogen-bond acceptors (Lipinski definition) is 2. The minimum absolute atomic E-state index is 0.0649. The molecule has 1 amide bonds. The quantitative estimate of drug-likeness (QED) is 0.463. The van der Waals surface area contributed by atoms with Gasteiger partial charge in [-0.25, -0.2) is 5.48 Å². The highest BCUT2D eigenvalue weighted by molar-refractivity contribution is 5.76. The van der Waals surface area contributed by atoms with E-state index in [4.69, 9.17) is 5.21 Å². The monoisotopic (exact) mass is 145 g/mol. The summed E-state index contributed by atoms with van der Waals surface area (Å²) in [6.45, 7) is 3.88. The molecule has 1 unspecified atom stereocenters. The number of hydroxylamine groups is 1. The number of hydrogen-bond donors (Lipinski definition) is 2. The number of nitrogens with one attached hydrogen (secondary N) is 1. The molecule has 0 saturated carbocycles. The topological polar surface area (TPSA) is 49.3 Å². The smallest absolute Gasteiger partial charge is 0.246 e. The molecule has 0 radical (unpaired) electrons. The molecule has 0 aromatic heterocycles. The van der Waals surface area contributed by atoms with E-state index in [0.29, 0.717) is 0 Å². The molecule has 0 bridgehead atoms. The van der Waals surface area contributed by atoms with Gasteiger partial charge in [-0.15, -0.1) is 0 Å². The van der Waals surface area contributed by atoms with Crippen molar-refractivity contribution in [3.63, 3.8) is 0 Å². The maximum absolute atomic E-state index is 10.7. The number of rotatable bonds is 4. The summed E-state index contributed by atoms with van der Waals surface area (Å²) < 4.78 is 0. The Bertz CT molecular complexity index is 104. The normalized spacial score (nSPS) is 12.7. The lowest BCUT2D eigenvalue weighted by atomic mass is 10.0. The molecule has 0 aliphatic carbocycles. The fourth-order valence-electron chi connectivity index (χ4n) is 0.752. The highest BCUT2D eigenvalue weighted by Crippen LogP contribution is 2.06. The highest BCUT2D eigenvalue weighted by Gasteiger charge is 2.09. The maximum Gasteiger partial charge on any atom is 0.246 e. The van der Waals surface area contributed by atoms with Gasteiger partial charge >= 0.3 is 0 Å². The van der Waals surface area contributed by atoms with Gasteiger partial charge in [0.15, 0.2) is 0 Å². The predicted molar refractivity (Wildman–Crippen MR) is 38.6 cm³/mol. The third kappa shape index (κ3) is 3.45. The fraction of sp³-hybridized carbons (Fsp3) is 0.857. The van der Waals surface area contributed by atoms with Crippen LogP contribution < -0.4 is 5.48 Å². The molecule has 0 fully saturated rings. The van der Waals surface area contributed by atoms with E-state index in [1.807, 2.05) is 0 Å². The summed E-state index contributed by atoms with van der Waals surface area (Å²) in [6, 6.07) is 0. The van der Waals surface area contributed by atoms with E-state index in [9.17, 15) is 4.79 Å². The molecule has 0 aliphatic heterocycles. The van der Waals surface area contributed by atoms with Crippen molar-refractivity contribution < 1.29 is 10.0 Å². The van der Waals surface area contributed by atoms with Crippen molar-refractivity contribution in [3.05, 3.63) is 0 Å². The van der Waals surface area contributed by atoms with Crippen LogP contribution >= 0.6 is 0 Å². The third-order valence-corrected chi connectivity index (χ3v) is 1.55. The highest BCUT2D eigenvalue weighted by atomic mass is 16.5.